The summed E-state index contributed by atoms with van der Waals surface area (Å²) in [4.78, 5) is 17.3. The first-order valence-corrected chi connectivity index (χ1v) is 15.2. The van der Waals surface area contributed by atoms with Gasteiger partial charge in [0.05, 0.1) is 25.2 Å². The largest absolute Gasteiger partial charge is 0.573 e. The standard InChI is InChI=1S/C33H37F3N4O6/c1-32(2)38-27(16-21-5-9-23(10-6-21)24-4-3-14-37-17-24)28(46-32)19-40(18-22-7-11-25(12-8-22)45-33(34,35)36)39-31(41)44-29-20-43-30-26(29)13-15-42-30/h3-12,14,17,26-30,38H,13,15-16,18-20H2,1-2H3,(H,39,41)/t26-,27-,28-,29-,30+/m0/s1. The van der Waals surface area contributed by atoms with E-state index in [0.717, 1.165) is 23.1 Å². The molecule has 0 bridgehead atoms. The second-order valence-electron chi connectivity index (χ2n) is 12.2. The fourth-order valence-corrected chi connectivity index (χ4v) is 6.23. The van der Waals surface area contributed by atoms with Crippen molar-refractivity contribution >= 4 is 6.09 Å². The number of amides is 1. The third-order valence-corrected chi connectivity index (χ3v) is 8.26. The van der Waals surface area contributed by atoms with Crippen LogP contribution in [0.4, 0.5) is 18.0 Å². The maximum atomic E-state index is 13.1. The lowest BCUT2D eigenvalue weighted by Gasteiger charge is -2.29. The van der Waals surface area contributed by atoms with Crippen LogP contribution in [0.15, 0.2) is 73.1 Å². The number of carbonyl (C=O) groups is 1. The van der Waals surface area contributed by atoms with E-state index in [9.17, 15) is 18.0 Å². The van der Waals surface area contributed by atoms with Gasteiger partial charge in [-0.05, 0) is 67.1 Å². The highest BCUT2D eigenvalue weighted by molar-refractivity contribution is 5.67. The van der Waals surface area contributed by atoms with Gasteiger partial charge in [-0.3, -0.25) is 15.7 Å². The molecule has 0 saturated carbocycles. The molecule has 3 aliphatic rings. The molecule has 2 aromatic carbocycles. The molecule has 3 aliphatic heterocycles. The molecule has 5 atom stereocenters. The molecule has 13 heteroatoms. The van der Waals surface area contributed by atoms with Crippen molar-refractivity contribution in [3.63, 3.8) is 0 Å². The summed E-state index contributed by atoms with van der Waals surface area (Å²) in [5, 5.41) is 5.21. The molecule has 3 aromatic rings. The lowest BCUT2D eigenvalue weighted by atomic mass is 9.99. The van der Waals surface area contributed by atoms with Crippen molar-refractivity contribution in [1.82, 2.24) is 20.7 Å². The number of alkyl halides is 3. The van der Waals surface area contributed by atoms with Crippen molar-refractivity contribution in [2.24, 2.45) is 5.92 Å². The first-order valence-electron chi connectivity index (χ1n) is 15.2. The Hall–Kier alpha value is -3.75. The molecule has 6 rings (SSSR count). The van der Waals surface area contributed by atoms with Crippen LogP contribution in [0.5, 0.6) is 5.75 Å². The predicted molar refractivity (Wildman–Crippen MR) is 160 cm³/mol. The Kier molecular flexibility index (Phi) is 9.48. The van der Waals surface area contributed by atoms with Gasteiger partial charge >= 0.3 is 12.5 Å². The number of aromatic nitrogens is 1. The van der Waals surface area contributed by atoms with Gasteiger partial charge in [-0.25, -0.2) is 9.80 Å². The summed E-state index contributed by atoms with van der Waals surface area (Å²) in [6.07, 6.45) is -1.67. The SMILES string of the molecule is CC1(C)N[C@@H](Cc2ccc(-c3cccnc3)cc2)[C@H](CN(Cc2ccc(OC(F)(F)F)cc2)NC(=O)O[C@H]2CO[C@H]3OCC[C@H]32)O1. The number of rotatable bonds is 10. The number of hydrazine groups is 1. The Bertz CT molecular complexity index is 1460. The number of hydrogen-bond acceptors (Lipinski definition) is 9. The minimum Gasteiger partial charge on any atom is -0.442 e. The molecular formula is C33H37F3N4O6. The third-order valence-electron chi connectivity index (χ3n) is 8.26. The van der Waals surface area contributed by atoms with E-state index in [0.29, 0.717) is 18.6 Å². The summed E-state index contributed by atoms with van der Waals surface area (Å²) in [5.41, 5.74) is 6.05. The van der Waals surface area contributed by atoms with Crippen LogP contribution in [0.2, 0.25) is 0 Å². The first-order chi connectivity index (χ1) is 22.0. The smallest absolute Gasteiger partial charge is 0.442 e. The van der Waals surface area contributed by atoms with Crippen LogP contribution in [0, 0.1) is 5.92 Å². The normalized spacial score (nSPS) is 25.4. The van der Waals surface area contributed by atoms with Gasteiger partial charge in [-0.1, -0.05) is 42.5 Å². The van der Waals surface area contributed by atoms with Crippen LogP contribution in [-0.2, 0) is 31.9 Å². The minimum atomic E-state index is -4.79. The average Bonchev–Trinajstić information content (AvgIpc) is 3.70. The molecule has 0 spiro atoms. The van der Waals surface area contributed by atoms with E-state index in [2.05, 4.69) is 44.7 Å². The van der Waals surface area contributed by atoms with Crippen LogP contribution < -0.4 is 15.5 Å². The van der Waals surface area contributed by atoms with Gasteiger partial charge in [0.15, 0.2) is 6.29 Å². The molecule has 2 N–H and O–H groups in total. The lowest BCUT2D eigenvalue weighted by molar-refractivity contribution is -0.274. The molecule has 10 nitrogen and oxygen atoms in total. The van der Waals surface area contributed by atoms with Crippen LogP contribution in [-0.4, -0.2) is 72.5 Å². The van der Waals surface area contributed by atoms with E-state index >= 15 is 0 Å². The van der Waals surface area contributed by atoms with Crippen LogP contribution in [0.25, 0.3) is 11.1 Å². The number of nitrogens with zero attached hydrogens (tertiary/aromatic N) is 2. The van der Waals surface area contributed by atoms with Gasteiger partial charge in [-0.2, -0.15) is 0 Å². The quantitative estimate of drug-likeness (QED) is 0.290. The molecule has 246 valence electrons. The summed E-state index contributed by atoms with van der Waals surface area (Å²) in [6, 6.07) is 17.6. The number of benzene rings is 2. The number of fused-ring (bicyclic) bond motifs is 1. The maximum absolute atomic E-state index is 13.1. The second kappa shape index (κ2) is 13.5. The van der Waals surface area contributed by atoms with Gasteiger partial charge in [0.25, 0.3) is 0 Å². The van der Waals surface area contributed by atoms with E-state index in [1.54, 1.807) is 11.2 Å². The average molecular weight is 643 g/mol. The number of pyridine rings is 1. The Morgan fingerprint density at radius 3 is 2.54 bits per heavy atom. The minimum absolute atomic E-state index is 0.0301. The number of ether oxygens (including phenoxy) is 5. The Morgan fingerprint density at radius 2 is 1.83 bits per heavy atom. The second-order valence-corrected chi connectivity index (χ2v) is 12.2. The number of carbonyl (C=O) groups excluding carboxylic acids is 1. The topological polar surface area (TPSA) is 103 Å². The predicted octanol–water partition coefficient (Wildman–Crippen LogP) is 5.19. The van der Waals surface area contributed by atoms with E-state index in [1.165, 1.54) is 24.3 Å². The number of hydrogen-bond donors (Lipinski definition) is 2. The monoisotopic (exact) mass is 642 g/mol. The molecule has 4 heterocycles. The van der Waals surface area contributed by atoms with Crippen molar-refractivity contribution in [2.45, 2.75) is 69.9 Å². The maximum Gasteiger partial charge on any atom is 0.573 e. The molecular weight excluding hydrogens is 605 g/mol. The van der Waals surface area contributed by atoms with Crippen LogP contribution in [0.3, 0.4) is 0 Å². The van der Waals surface area contributed by atoms with Crippen molar-refractivity contribution in [2.75, 3.05) is 19.8 Å². The van der Waals surface area contributed by atoms with E-state index in [4.69, 9.17) is 18.9 Å². The van der Waals surface area contributed by atoms with E-state index < -0.39 is 24.3 Å². The molecule has 0 unspecified atom stereocenters. The van der Waals surface area contributed by atoms with Crippen molar-refractivity contribution in [3.05, 3.63) is 84.2 Å². The number of nitrogens with one attached hydrogen (secondary N) is 2. The highest BCUT2D eigenvalue weighted by Gasteiger charge is 2.44. The molecule has 0 radical (unpaired) electrons. The molecule has 3 fully saturated rings. The third kappa shape index (κ3) is 8.34. The highest BCUT2D eigenvalue weighted by Crippen LogP contribution is 2.33. The summed E-state index contributed by atoms with van der Waals surface area (Å²) >= 11 is 0. The van der Waals surface area contributed by atoms with Crippen molar-refractivity contribution < 1.29 is 41.7 Å². The molecule has 1 aromatic heterocycles. The van der Waals surface area contributed by atoms with E-state index in [-0.39, 0.29) is 49.8 Å². The summed E-state index contributed by atoms with van der Waals surface area (Å²) in [6.45, 7) is 5.11. The van der Waals surface area contributed by atoms with Crippen LogP contribution in [0.1, 0.15) is 31.4 Å². The van der Waals surface area contributed by atoms with Gasteiger partial charge < -0.3 is 23.7 Å². The van der Waals surface area contributed by atoms with Gasteiger partial charge in [0.2, 0.25) is 0 Å². The van der Waals surface area contributed by atoms with Crippen molar-refractivity contribution in [1.29, 1.82) is 0 Å². The van der Waals surface area contributed by atoms with E-state index in [1.807, 2.05) is 32.2 Å². The fraction of sp³-hybridized carbons (Fsp3) is 0.455. The Balaban J connectivity index is 1.16. The van der Waals surface area contributed by atoms with Gasteiger partial charge in [0, 0.05) is 31.5 Å². The molecule has 3 saturated heterocycles. The first kappa shape index (κ1) is 32.2. The Morgan fingerprint density at radius 1 is 1.07 bits per heavy atom. The Labute approximate surface area is 265 Å². The summed E-state index contributed by atoms with van der Waals surface area (Å²) in [7, 11) is 0. The molecule has 46 heavy (non-hydrogen) atoms. The highest BCUT2D eigenvalue weighted by atomic mass is 19.4. The zero-order valence-corrected chi connectivity index (χ0v) is 25.5. The molecule has 0 aliphatic carbocycles. The molecule has 1 amide bonds. The zero-order chi connectivity index (χ0) is 32.3. The zero-order valence-electron chi connectivity index (χ0n) is 25.5. The lowest BCUT2D eigenvalue weighted by Crippen LogP contribution is -2.49. The summed E-state index contributed by atoms with van der Waals surface area (Å²) < 4.78 is 65.4. The van der Waals surface area contributed by atoms with Crippen LogP contribution >= 0.6 is 0 Å². The van der Waals surface area contributed by atoms with Crippen molar-refractivity contribution in [3.8, 4) is 16.9 Å². The summed E-state index contributed by atoms with van der Waals surface area (Å²) in [5.74, 6) is -0.359. The van der Waals surface area contributed by atoms with Gasteiger partial charge in [-0.15, -0.1) is 13.2 Å². The fourth-order valence-electron chi connectivity index (χ4n) is 6.23. The van der Waals surface area contributed by atoms with Gasteiger partial charge in [0.1, 0.15) is 17.6 Å². The number of halogens is 3.